The Bertz CT molecular complexity index is 709. The lowest BCUT2D eigenvalue weighted by atomic mass is 10.1. The number of para-hydroxylation sites is 1. The molecule has 0 aliphatic carbocycles. The SMILES string of the molecule is Cc1c(-c2coc3ccccc23)nc(CN)n1C. The number of nitrogens with two attached hydrogens (primary N) is 1. The molecule has 0 bridgehead atoms. The normalized spacial score (nSPS) is 11.3. The molecular formula is C14H15N3O. The molecular weight excluding hydrogens is 226 g/mol. The van der Waals surface area contributed by atoms with Crippen LogP contribution in [0.2, 0.25) is 0 Å². The van der Waals surface area contributed by atoms with Gasteiger partial charge in [0.2, 0.25) is 0 Å². The molecule has 18 heavy (non-hydrogen) atoms. The summed E-state index contributed by atoms with van der Waals surface area (Å²) in [5.41, 5.74) is 9.65. The van der Waals surface area contributed by atoms with Crippen LogP contribution in [0.15, 0.2) is 34.9 Å². The third-order valence-electron chi connectivity index (χ3n) is 3.39. The van der Waals surface area contributed by atoms with Gasteiger partial charge in [0.25, 0.3) is 0 Å². The minimum absolute atomic E-state index is 0.438. The minimum Gasteiger partial charge on any atom is -0.464 e. The van der Waals surface area contributed by atoms with E-state index in [0.717, 1.165) is 33.7 Å². The number of furan rings is 1. The highest BCUT2D eigenvalue weighted by Crippen LogP contribution is 2.31. The minimum atomic E-state index is 0.438. The highest BCUT2D eigenvalue weighted by atomic mass is 16.3. The van der Waals surface area contributed by atoms with E-state index in [1.54, 1.807) is 6.26 Å². The van der Waals surface area contributed by atoms with Gasteiger partial charge < -0.3 is 14.7 Å². The molecule has 0 aliphatic heterocycles. The quantitative estimate of drug-likeness (QED) is 0.750. The van der Waals surface area contributed by atoms with E-state index in [1.807, 2.05) is 42.8 Å². The van der Waals surface area contributed by atoms with Crippen LogP contribution in [-0.4, -0.2) is 9.55 Å². The van der Waals surface area contributed by atoms with Crippen LogP contribution >= 0.6 is 0 Å². The topological polar surface area (TPSA) is 57.0 Å². The lowest BCUT2D eigenvalue weighted by molar-refractivity contribution is 0.617. The Balaban J connectivity index is 2.26. The van der Waals surface area contributed by atoms with Gasteiger partial charge in [-0.3, -0.25) is 0 Å². The van der Waals surface area contributed by atoms with Gasteiger partial charge in [0.1, 0.15) is 17.7 Å². The molecule has 2 aromatic heterocycles. The average molecular weight is 241 g/mol. The summed E-state index contributed by atoms with van der Waals surface area (Å²) in [6.07, 6.45) is 1.76. The number of aromatic nitrogens is 2. The van der Waals surface area contributed by atoms with Crippen molar-refractivity contribution in [2.75, 3.05) is 0 Å². The second-order valence-corrected chi connectivity index (χ2v) is 4.37. The summed E-state index contributed by atoms with van der Waals surface area (Å²) in [6, 6.07) is 7.97. The molecule has 4 nitrogen and oxygen atoms in total. The van der Waals surface area contributed by atoms with E-state index in [2.05, 4.69) is 4.98 Å². The van der Waals surface area contributed by atoms with Gasteiger partial charge in [-0.05, 0) is 13.0 Å². The van der Waals surface area contributed by atoms with Crippen molar-refractivity contribution >= 4 is 11.0 Å². The van der Waals surface area contributed by atoms with Gasteiger partial charge >= 0.3 is 0 Å². The summed E-state index contributed by atoms with van der Waals surface area (Å²) in [6.45, 7) is 2.48. The van der Waals surface area contributed by atoms with E-state index in [-0.39, 0.29) is 0 Å². The van der Waals surface area contributed by atoms with Gasteiger partial charge in [0.15, 0.2) is 0 Å². The van der Waals surface area contributed by atoms with Gasteiger partial charge in [0, 0.05) is 23.7 Å². The molecule has 4 heteroatoms. The van der Waals surface area contributed by atoms with Crippen LogP contribution in [0, 0.1) is 6.92 Å². The molecule has 0 spiro atoms. The van der Waals surface area contributed by atoms with Gasteiger partial charge in [-0.15, -0.1) is 0 Å². The van der Waals surface area contributed by atoms with Crippen LogP contribution in [-0.2, 0) is 13.6 Å². The van der Waals surface area contributed by atoms with Crippen molar-refractivity contribution in [3.63, 3.8) is 0 Å². The lowest BCUT2D eigenvalue weighted by Gasteiger charge is -1.99. The molecule has 0 saturated heterocycles. The maximum Gasteiger partial charge on any atom is 0.134 e. The Morgan fingerprint density at radius 3 is 2.83 bits per heavy atom. The largest absolute Gasteiger partial charge is 0.464 e. The second kappa shape index (κ2) is 3.99. The smallest absolute Gasteiger partial charge is 0.134 e. The van der Waals surface area contributed by atoms with Gasteiger partial charge in [-0.2, -0.15) is 0 Å². The van der Waals surface area contributed by atoms with Crippen LogP contribution < -0.4 is 5.73 Å². The molecule has 0 amide bonds. The molecule has 0 saturated carbocycles. The summed E-state index contributed by atoms with van der Waals surface area (Å²) < 4.78 is 7.59. The third kappa shape index (κ3) is 1.46. The molecule has 3 aromatic rings. The molecule has 2 N–H and O–H groups in total. The molecule has 0 aliphatic rings. The maximum atomic E-state index is 5.69. The van der Waals surface area contributed by atoms with E-state index in [9.17, 15) is 0 Å². The zero-order valence-electron chi connectivity index (χ0n) is 10.5. The van der Waals surface area contributed by atoms with Crippen molar-refractivity contribution in [1.82, 2.24) is 9.55 Å². The number of imidazole rings is 1. The van der Waals surface area contributed by atoms with Crippen molar-refractivity contribution in [2.24, 2.45) is 12.8 Å². The van der Waals surface area contributed by atoms with E-state index in [4.69, 9.17) is 10.2 Å². The fourth-order valence-corrected chi connectivity index (χ4v) is 2.24. The second-order valence-electron chi connectivity index (χ2n) is 4.37. The van der Waals surface area contributed by atoms with E-state index in [1.165, 1.54) is 0 Å². The van der Waals surface area contributed by atoms with Gasteiger partial charge in [-0.25, -0.2) is 4.98 Å². The summed E-state index contributed by atoms with van der Waals surface area (Å²) in [4.78, 5) is 4.60. The first-order chi connectivity index (χ1) is 8.72. The summed E-state index contributed by atoms with van der Waals surface area (Å²) in [5, 5.41) is 1.09. The Morgan fingerprint density at radius 1 is 1.33 bits per heavy atom. The Morgan fingerprint density at radius 2 is 2.11 bits per heavy atom. The summed E-state index contributed by atoms with van der Waals surface area (Å²) in [5.74, 6) is 0.882. The van der Waals surface area contributed by atoms with E-state index < -0.39 is 0 Å². The van der Waals surface area contributed by atoms with Crippen LogP contribution in [0.4, 0.5) is 0 Å². The Kier molecular flexibility index (Phi) is 2.45. The third-order valence-corrected chi connectivity index (χ3v) is 3.39. The zero-order chi connectivity index (χ0) is 12.7. The first-order valence-electron chi connectivity index (χ1n) is 5.91. The fourth-order valence-electron chi connectivity index (χ4n) is 2.24. The number of hydrogen-bond donors (Lipinski definition) is 1. The monoisotopic (exact) mass is 241 g/mol. The van der Waals surface area contributed by atoms with Crippen molar-refractivity contribution in [3.8, 4) is 11.3 Å². The van der Waals surface area contributed by atoms with Gasteiger partial charge in [-0.1, -0.05) is 18.2 Å². The standard InChI is InChI=1S/C14H15N3O/c1-9-14(16-13(7-15)17(9)2)11-8-18-12-6-4-3-5-10(11)12/h3-6,8H,7,15H2,1-2H3. The van der Waals surface area contributed by atoms with Crippen molar-refractivity contribution < 1.29 is 4.42 Å². The number of benzene rings is 1. The fraction of sp³-hybridized carbons (Fsp3) is 0.214. The number of rotatable bonds is 2. The summed E-state index contributed by atoms with van der Waals surface area (Å²) >= 11 is 0. The maximum absolute atomic E-state index is 5.69. The van der Waals surface area contributed by atoms with Crippen LogP contribution in [0.25, 0.3) is 22.2 Å². The van der Waals surface area contributed by atoms with Crippen molar-refractivity contribution in [3.05, 3.63) is 42.0 Å². The lowest BCUT2D eigenvalue weighted by Crippen LogP contribution is -2.05. The molecule has 1 aromatic carbocycles. The molecule has 3 rings (SSSR count). The molecule has 0 radical (unpaired) electrons. The first-order valence-corrected chi connectivity index (χ1v) is 5.91. The zero-order valence-corrected chi connectivity index (χ0v) is 10.5. The molecule has 92 valence electrons. The molecule has 2 heterocycles. The molecule has 0 atom stereocenters. The van der Waals surface area contributed by atoms with E-state index in [0.29, 0.717) is 6.54 Å². The Labute approximate surface area is 105 Å². The number of nitrogens with zero attached hydrogens (tertiary/aromatic N) is 2. The predicted molar refractivity (Wildman–Crippen MR) is 71.0 cm³/mol. The van der Waals surface area contributed by atoms with Crippen LogP contribution in [0.3, 0.4) is 0 Å². The van der Waals surface area contributed by atoms with Crippen LogP contribution in [0.1, 0.15) is 11.5 Å². The van der Waals surface area contributed by atoms with Crippen molar-refractivity contribution in [2.45, 2.75) is 13.5 Å². The number of hydrogen-bond acceptors (Lipinski definition) is 3. The summed E-state index contributed by atoms with van der Waals surface area (Å²) in [7, 11) is 1.98. The van der Waals surface area contributed by atoms with E-state index >= 15 is 0 Å². The van der Waals surface area contributed by atoms with Gasteiger partial charge in [0.05, 0.1) is 12.2 Å². The highest BCUT2D eigenvalue weighted by molar-refractivity contribution is 5.93. The van der Waals surface area contributed by atoms with Crippen molar-refractivity contribution in [1.29, 1.82) is 0 Å². The molecule has 0 unspecified atom stereocenters. The molecule has 0 fully saturated rings. The van der Waals surface area contributed by atoms with Crippen LogP contribution in [0.5, 0.6) is 0 Å². The predicted octanol–water partition coefficient (Wildman–Crippen LogP) is 2.60. The number of fused-ring (bicyclic) bond motifs is 1. The first kappa shape index (κ1) is 11.0. The highest BCUT2D eigenvalue weighted by Gasteiger charge is 2.16. The average Bonchev–Trinajstić information content (AvgIpc) is 2.93. The Hall–Kier alpha value is -2.07.